The van der Waals surface area contributed by atoms with E-state index >= 15 is 0 Å². The van der Waals surface area contributed by atoms with E-state index in [0.29, 0.717) is 5.92 Å². The van der Waals surface area contributed by atoms with Gasteiger partial charge in [0.05, 0.1) is 9.48 Å². The quantitative estimate of drug-likeness (QED) is 0.790. The fourth-order valence-corrected chi connectivity index (χ4v) is 3.28. The summed E-state index contributed by atoms with van der Waals surface area (Å²) in [6.07, 6.45) is 1.89. The molecule has 0 atom stereocenters. The molecule has 0 aromatic carbocycles. The Labute approximate surface area is 139 Å². The standard InChI is InChI=1S/C16H22BrN3S/c1-12(2)8-18-9-14-7-15(4-5-19-14)20(3)10-13-6-16(17)21-11-13/h4-7,11-12,18H,8-10H2,1-3H3. The van der Waals surface area contributed by atoms with Gasteiger partial charge in [-0.2, -0.15) is 0 Å². The molecule has 3 nitrogen and oxygen atoms in total. The predicted molar refractivity (Wildman–Crippen MR) is 94.9 cm³/mol. The van der Waals surface area contributed by atoms with Crippen LogP contribution in [0, 0.1) is 5.92 Å². The number of nitrogens with one attached hydrogen (secondary N) is 1. The van der Waals surface area contributed by atoms with Crippen molar-refractivity contribution in [1.82, 2.24) is 10.3 Å². The average molecular weight is 368 g/mol. The molecule has 2 heterocycles. The highest BCUT2D eigenvalue weighted by atomic mass is 79.9. The number of hydrogen-bond acceptors (Lipinski definition) is 4. The fourth-order valence-electron chi connectivity index (χ4n) is 2.08. The molecule has 0 amide bonds. The van der Waals surface area contributed by atoms with Gasteiger partial charge in [-0.3, -0.25) is 4.98 Å². The minimum absolute atomic E-state index is 0.660. The van der Waals surface area contributed by atoms with Crippen molar-refractivity contribution in [3.8, 4) is 0 Å². The number of pyridine rings is 1. The minimum atomic E-state index is 0.660. The van der Waals surface area contributed by atoms with Crippen molar-refractivity contribution >= 4 is 33.0 Å². The van der Waals surface area contributed by atoms with Gasteiger partial charge < -0.3 is 10.2 Å². The van der Waals surface area contributed by atoms with E-state index in [2.05, 4.69) is 75.6 Å². The van der Waals surface area contributed by atoms with Crippen LogP contribution in [0.3, 0.4) is 0 Å². The third kappa shape index (κ3) is 5.41. The summed E-state index contributed by atoms with van der Waals surface area (Å²) >= 11 is 5.24. The molecule has 0 bridgehead atoms. The number of anilines is 1. The van der Waals surface area contributed by atoms with Gasteiger partial charge in [0, 0.05) is 32.0 Å². The highest BCUT2D eigenvalue weighted by Crippen LogP contribution is 2.23. The summed E-state index contributed by atoms with van der Waals surface area (Å²) in [5, 5.41) is 5.62. The lowest BCUT2D eigenvalue weighted by molar-refractivity contribution is 0.548. The van der Waals surface area contributed by atoms with Crippen LogP contribution in [0.5, 0.6) is 0 Å². The minimum Gasteiger partial charge on any atom is -0.370 e. The Bertz CT molecular complexity index is 568. The molecule has 0 saturated heterocycles. The maximum Gasteiger partial charge on any atom is 0.0701 e. The average Bonchev–Trinajstić information content (AvgIpc) is 2.84. The topological polar surface area (TPSA) is 28.2 Å². The van der Waals surface area contributed by atoms with Crippen LogP contribution >= 0.6 is 27.3 Å². The number of halogens is 1. The summed E-state index contributed by atoms with van der Waals surface area (Å²) in [6.45, 7) is 7.17. The molecule has 1 N–H and O–H groups in total. The first-order valence-electron chi connectivity index (χ1n) is 7.14. The lowest BCUT2D eigenvalue weighted by Crippen LogP contribution is -2.20. The Kier molecular flexibility index (Phi) is 6.21. The SMILES string of the molecule is CC(C)CNCc1cc(N(C)Cc2csc(Br)c2)ccn1. The molecule has 0 saturated carbocycles. The van der Waals surface area contributed by atoms with Crippen LogP contribution < -0.4 is 10.2 Å². The zero-order valence-corrected chi connectivity index (χ0v) is 15.2. The molecule has 0 aliphatic carbocycles. The van der Waals surface area contributed by atoms with E-state index in [4.69, 9.17) is 0 Å². The third-order valence-corrected chi connectivity index (χ3v) is 4.69. The molecule has 0 fully saturated rings. The lowest BCUT2D eigenvalue weighted by atomic mass is 10.2. The molecular weight excluding hydrogens is 346 g/mol. The summed E-state index contributed by atoms with van der Waals surface area (Å²) in [5.74, 6) is 0.660. The molecule has 0 aliphatic rings. The fraction of sp³-hybridized carbons (Fsp3) is 0.438. The van der Waals surface area contributed by atoms with Gasteiger partial charge in [0.1, 0.15) is 0 Å². The van der Waals surface area contributed by atoms with Gasteiger partial charge in [0.2, 0.25) is 0 Å². The second-order valence-electron chi connectivity index (χ2n) is 5.65. The second-order valence-corrected chi connectivity index (χ2v) is 7.94. The van der Waals surface area contributed by atoms with Crippen molar-refractivity contribution in [2.24, 2.45) is 5.92 Å². The molecule has 0 unspecified atom stereocenters. The van der Waals surface area contributed by atoms with Gasteiger partial charge >= 0.3 is 0 Å². The first kappa shape index (κ1) is 16.5. The molecule has 0 aliphatic heterocycles. The van der Waals surface area contributed by atoms with Gasteiger partial charge in [-0.15, -0.1) is 11.3 Å². The summed E-state index contributed by atoms with van der Waals surface area (Å²) in [6, 6.07) is 6.40. The first-order chi connectivity index (χ1) is 10.0. The third-order valence-electron chi connectivity index (χ3n) is 3.14. The van der Waals surface area contributed by atoms with E-state index < -0.39 is 0 Å². The molecule has 2 aromatic rings. The lowest BCUT2D eigenvalue weighted by Gasteiger charge is -2.19. The number of nitrogens with zero attached hydrogens (tertiary/aromatic N) is 2. The van der Waals surface area contributed by atoms with Crippen molar-refractivity contribution in [3.63, 3.8) is 0 Å². The molecule has 0 spiro atoms. The summed E-state index contributed by atoms with van der Waals surface area (Å²) in [7, 11) is 2.12. The van der Waals surface area contributed by atoms with E-state index in [1.807, 2.05) is 6.20 Å². The monoisotopic (exact) mass is 367 g/mol. The molecule has 114 valence electrons. The van der Waals surface area contributed by atoms with Gasteiger partial charge in [0.15, 0.2) is 0 Å². The number of aromatic nitrogens is 1. The Hall–Kier alpha value is -0.910. The molecule has 2 aromatic heterocycles. The van der Waals surface area contributed by atoms with Crippen molar-refractivity contribution in [1.29, 1.82) is 0 Å². The van der Waals surface area contributed by atoms with Crippen LogP contribution in [-0.4, -0.2) is 18.6 Å². The van der Waals surface area contributed by atoms with Crippen LogP contribution in [0.15, 0.2) is 33.6 Å². The molecular formula is C16H22BrN3S. The number of thiophene rings is 1. The Morgan fingerprint density at radius 2 is 2.19 bits per heavy atom. The number of rotatable bonds is 7. The maximum absolute atomic E-state index is 4.44. The highest BCUT2D eigenvalue weighted by molar-refractivity contribution is 9.11. The van der Waals surface area contributed by atoms with Crippen molar-refractivity contribution < 1.29 is 0 Å². The predicted octanol–water partition coefficient (Wildman–Crippen LogP) is 4.29. The normalized spacial score (nSPS) is 11.1. The summed E-state index contributed by atoms with van der Waals surface area (Å²) < 4.78 is 1.18. The maximum atomic E-state index is 4.44. The molecule has 5 heteroatoms. The van der Waals surface area contributed by atoms with E-state index in [-0.39, 0.29) is 0 Å². The molecule has 0 radical (unpaired) electrons. The van der Waals surface area contributed by atoms with Crippen molar-refractivity contribution in [3.05, 3.63) is 44.8 Å². The van der Waals surface area contributed by atoms with Crippen LogP contribution in [0.1, 0.15) is 25.1 Å². The molecule has 21 heavy (non-hydrogen) atoms. The highest BCUT2D eigenvalue weighted by Gasteiger charge is 2.06. The Morgan fingerprint density at radius 3 is 2.86 bits per heavy atom. The van der Waals surface area contributed by atoms with E-state index in [1.54, 1.807) is 11.3 Å². The van der Waals surface area contributed by atoms with E-state index in [1.165, 1.54) is 15.0 Å². The van der Waals surface area contributed by atoms with E-state index in [9.17, 15) is 0 Å². The zero-order valence-electron chi connectivity index (χ0n) is 12.8. The largest absolute Gasteiger partial charge is 0.370 e. The summed E-state index contributed by atoms with van der Waals surface area (Å²) in [5.41, 5.74) is 3.62. The Morgan fingerprint density at radius 1 is 1.38 bits per heavy atom. The van der Waals surface area contributed by atoms with Gasteiger partial charge in [-0.25, -0.2) is 0 Å². The van der Waals surface area contributed by atoms with Crippen molar-refractivity contribution in [2.45, 2.75) is 26.9 Å². The van der Waals surface area contributed by atoms with Crippen LogP contribution in [-0.2, 0) is 13.1 Å². The smallest absolute Gasteiger partial charge is 0.0701 e. The Balaban J connectivity index is 1.95. The van der Waals surface area contributed by atoms with Gasteiger partial charge in [0.25, 0.3) is 0 Å². The number of hydrogen-bond donors (Lipinski definition) is 1. The zero-order chi connectivity index (χ0) is 15.2. The van der Waals surface area contributed by atoms with Crippen molar-refractivity contribution in [2.75, 3.05) is 18.5 Å². The van der Waals surface area contributed by atoms with Crippen LogP contribution in [0.4, 0.5) is 5.69 Å². The first-order valence-corrected chi connectivity index (χ1v) is 8.81. The molecule has 2 rings (SSSR count). The van der Waals surface area contributed by atoms with Crippen LogP contribution in [0.25, 0.3) is 0 Å². The van der Waals surface area contributed by atoms with Crippen LogP contribution in [0.2, 0.25) is 0 Å². The van der Waals surface area contributed by atoms with Gasteiger partial charge in [-0.05, 0) is 57.5 Å². The second kappa shape index (κ2) is 7.92. The van der Waals surface area contributed by atoms with Gasteiger partial charge in [-0.1, -0.05) is 13.8 Å². The summed E-state index contributed by atoms with van der Waals surface area (Å²) in [4.78, 5) is 6.69. The van der Waals surface area contributed by atoms with E-state index in [0.717, 1.165) is 25.3 Å².